The summed E-state index contributed by atoms with van der Waals surface area (Å²) in [7, 11) is 4.80. The maximum atomic E-state index is 17.3. The number of hydrogen-bond acceptors (Lipinski definition) is 15. The molecule has 9 nitrogen and oxygen atoms in total. The molecule has 0 saturated carbocycles. The van der Waals surface area contributed by atoms with Gasteiger partial charge in [0.1, 0.15) is 22.7 Å². The molecule has 0 bridgehead atoms. The SMILES string of the molecule is C.C.CC(C)(C)c1ccc(-c2oc3cc(O)c(O)cc3c2C2=C(c3cc(-c4cc(C(C)(C)C)cs4)sc3-c3cc(C(C)(C)C)cs3)C(F)(F)C(F)(F)C2(F)F)cc1.COCCCBr.COCCCOc1cc2oc(-c3ccc(C(C)(C)C)cc3)c(C3=C(c4cc(-c5cc(C(C)(C)C)cs5)sc4-c4cc(C(C)(C)C)cs4)C(F)(F)C(F)(F)C3(F)F)c2cc1OCCCOC. The fraction of sp³-hybridized carbons (Fsp3) is 0.440. The van der Waals surface area contributed by atoms with Crippen molar-refractivity contribution in [1.29, 1.82) is 0 Å². The van der Waals surface area contributed by atoms with Crippen LogP contribution in [-0.4, -0.2) is 105 Å². The minimum atomic E-state index is -5.87. The van der Waals surface area contributed by atoms with Crippen LogP contribution in [0.2, 0.25) is 0 Å². The van der Waals surface area contributed by atoms with Crippen molar-refractivity contribution in [2.24, 2.45) is 0 Å². The molecule has 2 aliphatic carbocycles. The van der Waals surface area contributed by atoms with Gasteiger partial charge in [-0.3, -0.25) is 0 Å². The van der Waals surface area contributed by atoms with Crippen molar-refractivity contribution >= 4 is 128 Å². The van der Waals surface area contributed by atoms with Crippen LogP contribution in [0.4, 0.5) is 52.7 Å². The predicted molar refractivity (Wildman–Crippen MR) is 512 cm³/mol. The molecule has 12 aromatic rings. The Kier molecular flexibility index (Phi) is 30.3. The van der Waals surface area contributed by atoms with Crippen molar-refractivity contribution in [1.82, 2.24) is 0 Å². The minimum Gasteiger partial charge on any atom is -0.504 e. The lowest BCUT2D eigenvalue weighted by Crippen LogP contribution is -2.48. The van der Waals surface area contributed by atoms with Gasteiger partial charge in [0.15, 0.2) is 23.0 Å². The molecule has 694 valence electrons. The van der Waals surface area contributed by atoms with Crippen molar-refractivity contribution in [3.05, 3.63) is 186 Å². The number of allylic oxidation sites excluding steroid dienone is 4. The van der Waals surface area contributed by atoms with Crippen LogP contribution in [0.25, 0.3) is 106 Å². The number of benzene rings is 4. The molecule has 0 aliphatic heterocycles. The highest BCUT2D eigenvalue weighted by Crippen LogP contribution is 2.71. The molecule has 0 unspecified atom stereocenters. The second-order valence-corrected chi connectivity index (χ2v) is 44.3. The molecule has 8 aromatic heterocycles. The fourth-order valence-electron chi connectivity index (χ4n) is 14.6. The highest BCUT2D eigenvalue weighted by molar-refractivity contribution is 9.09. The van der Waals surface area contributed by atoms with Gasteiger partial charge < -0.3 is 42.7 Å². The highest BCUT2D eigenvalue weighted by atomic mass is 79.9. The molecule has 2 aliphatic rings. The van der Waals surface area contributed by atoms with Gasteiger partial charge >= 0.3 is 35.5 Å². The molecule has 8 heterocycles. The number of furan rings is 2. The third kappa shape index (κ3) is 19.7. The number of hydrogen-bond donors (Lipinski definition) is 2. The Bertz CT molecular complexity index is 5980. The molecule has 28 heteroatoms. The first-order chi connectivity index (χ1) is 58.5. The van der Waals surface area contributed by atoms with Gasteiger partial charge in [0.2, 0.25) is 0 Å². The van der Waals surface area contributed by atoms with E-state index in [2.05, 4.69) is 15.9 Å². The van der Waals surface area contributed by atoms with E-state index in [9.17, 15) is 10.2 Å². The summed E-state index contributed by atoms with van der Waals surface area (Å²) in [5.74, 6) is -35.1. The Morgan fingerprint density at radius 2 is 0.641 bits per heavy atom. The summed E-state index contributed by atoms with van der Waals surface area (Å²) in [5, 5.41) is 29.1. The van der Waals surface area contributed by atoms with Crippen molar-refractivity contribution in [3.63, 3.8) is 0 Å². The van der Waals surface area contributed by atoms with Crippen molar-refractivity contribution in [3.8, 4) is 84.7 Å². The summed E-state index contributed by atoms with van der Waals surface area (Å²) in [6.07, 6.45) is 2.04. The number of methoxy groups -OCH3 is 3. The molecule has 14 rings (SSSR count). The Balaban J connectivity index is 0.000000250. The molecular formula is C100H113BrF12O9S6. The maximum Gasteiger partial charge on any atom is 0.380 e. The Hall–Kier alpha value is -7.64. The van der Waals surface area contributed by atoms with Crippen LogP contribution in [0.5, 0.6) is 23.0 Å². The number of phenols is 2. The quantitative estimate of drug-likeness (QED) is 0.0280. The van der Waals surface area contributed by atoms with E-state index in [4.69, 9.17) is 32.5 Å². The van der Waals surface area contributed by atoms with E-state index in [0.29, 0.717) is 55.3 Å². The minimum absolute atomic E-state index is 0. The van der Waals surface area contributed by atoms with Gasteiger partial charge in [0, 0.05) is 167 Å². The summed E-state index contributed by atoms with van der Waals surface area (Å²) in [4.78, 5) is 3.59. The number of halogens is 13. The zero-order chi connectivity index (χ0) is 92.7. The summed E-state index contributed by atoms with van der Waals surface area (Å²) in [6, 6.07) is 28.1. The molecule has 0 saturated heterocycles. The van der Waals surface area contributed by atoms with E-state index in [1.807, 2.05) is 164 Å². The molecule has 0 atom stereocenters. The van der Waals surface area contributed by atoms with E-state index in [1.165, 1.54) is 76.7 Å². The third-order valence-corrected chi connectivity index (χ3v) is 29.5. The van der Waals surface area contributed by atoms with E-state index in [1.54, 1.807) is 68.8 Å². The second-order valence-electron chi connectivity index (χ2n) is 37.8. The Morgan fingerprint density at radius 3 is 0.961 bits per heavy atom. The van der Waals surface area contributed by atoms with Crippen molar-refractivity contribution in [2.45, 2.75) is 227 Å². The first-order valence-electron chi connectivity index (χ1n) is 41.0. The monoisotopic (exact) mass is 1960 g/mol. The number of phenolic OH excluding ortho intramolecular Hbond substituents is 2. The number of fused-ring (bicyclic) bond motifs is 2. The maximum absolute atomic E-state index is 17.3. The lowest BCUT2D eigenvalue weighted by Gasteiger charge is -2.26. The number of rotatable bonds is 23. The highest BCUT2D eigenvalue weighted by Gasteiger charge is 2.82. The summed E-state index contributed by atoms with van der Waals surface area (Å²) in [5.41, 5.74) is -4.60. The second kappa shape index (κ2) is 37.8. The first-order valence-corrected chi connectivity index (χ1v) is 47.3. The first kappa shape index (κ1) is 102. The van der Waals surface area contributed by atoms with E-state index in [0.717, 1.165) is 86.5 Å². The lowest BCUT2D eigenvalue weighted by atomic mass is 9.86. The van der Waals surface area contributed by atoms with E-state index >= 15 is 52.7 Å². The molecule has 128 heavy (non-hydrogen) atoms. The fourth-order valence-corrected chi connectivity index (χ4v) is 22.1. The van der Waals surface area contributed by atoms with Crippen LogP contribution in [0.15, 0.2) is 140 Å². The Morgan fingerprint density at radius 1 is 0.344 bits per heavy atom. The van der Waals surface area contributed by atoms with Crippen LogP contribution in [0.1, 0.15) is 214 Å². The van der Waals surface area contributed by atoms with E-state index < -0.39 is 97.3 Å². The predicted octanol–water partition coefficient (Wildman–Crippen LogP) is 33.6. The summed E-state index contributed by atoms with van der Waals surface area (Å²) < 4.78 is 241. The van der Waals surface area contributed by atoms with Crippen LogP contribution in [0, 0.1) is 0 Å². The number of alkyl halides is 13. The number of thiophene rings is 6. The molecule has 4 aromatic carbocycles. The molecule has 0 radical (unpaired) electrons. The van der Waals surface area contributed by atoms with Crippen molar-refractivity contribution in [2.75, 3.05) is 59.7 Å². The number of aromatic hydroxyl groups is 2. The third-order valence-electron chi connectivity index (χ3n) is 22.2. The number of ether oxygens (including phenoxy) is 5. The van der Waals surface area contributed by atoms with Gasteiger partial charge in [-0.15, -0.1) is 68.0 Å². The molecule has 0 fully saturated rings. The van der Waals surface area contributed by atoms with Gasteiger partial charge in [-0.2, -0.15) is 52.7 Å². The standard InChI is InChI=1S/C51H56F6O5S3.C43H40F6O3S3.C4H9BrO.2CH4/c1-46(2,3)30-16-14-29(15-17-30)44-41(33-24-36(60-20-12-18-58-10)37(26-35(33)62-44)61-21-13-19-59-11)43-42(49(52,53)51(56,57)50(43,54)55)34-25-39(38-22-31(27-63-38)47(4,5)6)65-45(34)40-23-32(28-64-40)48(7,8)9;1-38(2,3)22-12-10-21(11-13-22)36-33(25-16-27(50)28(51)18-29(25)52-36)35-34(41(44,45)43(48,49)42(35,46)47)26-17-31(30-14-23(19-53-30)39(4,5)6)55-37(26)32-15-24(20-54-32)40(7,8)9;1-6-4-2-3-5;;/h14-17,22-28H,12-13,18-21H2,1-11H3;10-20,50-51H,1-9H3;2-4H2,1H3;2*1H4. The molecular weight excluding hydrogens is 1850 g/mol. The summed E-state index contributed by atoms with van der Waals surface area (Å²) in [6.45, 7) is 37.9. The summed E-state index contributed by atoms with van der Waals surface area (Å²) >= 11 is 10.7. The van der Waals surface area contributed by atoms with Crippen molar-refractivity contribution < 1.29 is 95.4 Å². The normalized spacial score (nSPS) is 16.0. The zero-order valence-electron chi connectivity index (χ0n) is 74.2. The van der Waals surface area contributed by atoms with Crippen LogP contribution in [-0.2, 0) is 46.7 Å². The smallest absolute Gasteiger partial charge is 0.380 e. The van der Waals surface area contributed by atoms with Gasteiger partial charge in [-0.1, -0.05) is 204 Å². The molecule has 0 spiro atoms. The van der Waals surface area contributed by atoms with Gasteiger partial charge in [-0.05, 0) is 142 Å². The van der Waals surface area contributed by atoms with Crippen LogP contribution >= 0.6 is 84.0 Å². The molecule has 0 amide bonds. The Labute approximate surface area is 775 Å². The van der Waals surface area contributed by atoms with E-state index in [-0.39, 0.29) is 121 Å². The zero-order valence-corrected chi connectivity index (χ0v) is 80.7. The van der Waals surface area contributed by atoms with Gasteiger partial charge in [0.25, 0.3) is 0 Å². The lowest BCUT2D eigenvalue weighted by molar-refractivity contribution is -0.254. The van der Waals surface area contributed by atoms with Gasteiger partial charge in [-0.25, -0.2) is 0 Å². The van der Waals surface area contributed by atoms with Crippen LogP contribution in [0.3, 0.4) is 0 Å². The topological polar surface area (TPSA) is 113 Å². The average Bonchev–Trinajstić information content (AvgIpc) is 1.52. The largest absolute Gasteiger partial charge is 0.504 e. The van der Waals surface area contributed by atoms with Crippen LogP contribution < -0.4 is 9.47 Å². The average molecular weight is 1960 g/mol. The molecule has 2 N–H and O–H groups in total. The van der Waals surface area contributed by atoms with Gasteiger partial charge in [0.05, 0.1) is 23.0 Å².